The van der Waals surface area contributed by atoms with Gasteiger partial charge in [-0.1, -0.05) is 23.7 Å². The van der Waals surface area contributed by atoms with Crippen molar-refractivity contribution in [3.8, 4) is 0 Å². The van der Waals surface area contributed by atoms with Crippen LogP contribution in [0.1, 0.15) is 10.8 Å². The number of thioether (sulfide) groups is 2. The van der Waals surface area contributed by atoms with Crippen LogP contribution in [0.3, 0.4) is 0 Å². The molecule has 0 N–H and O–H groups in total. The summed E-state index contributed by atoms with van der Waals surface area (Å²) in [5.41, 5.74) is 1.06. The number of hydrogen-bond donors (Lipinski definition) is 0. The summed E-state index contributed by atoms with van der Waals surface area (Å²) in [6.45, 7) is 0.894. The molecule has 2 nitrogen and oxygen atoms in total. The number of amides is 1. The van der Waals surface area contributed by atoms with Gasteiger partial charge in [-0.05, 0) is 17.7 Å². The summed E-state index contributed by atoms with van der Waals surface area (Å²) in [4.78, 5) is 14.1. The van der Waals surface area contributed by atoms with Gasteiger partial charge >= 0.3 is 0 Å². The average molecular weight is 272 g/mol. The molecule has 1 aromatic carbocycles. The lowest BCUT2D eigenvalue weighted by Gasteiger charge is -2.12. The van der Waals surface area contributed by atoms with Gasteiger partial charge in [-0.2, -0.15) is 0 Å². The molecule has 1 amide bonds. The molecular weight excluding hydrogens is 262 g/mol. The Kier molecular flexibility index (Phi) is 2.81. The van der Waals surface area contributed by atoms with Gasteiger partial charge in [-0.25, -0.2) is 0 Å². The van der Waals surface area contributed by atoms with Crippen LogP contribution in [0.5, 0.6) is 0 Å². The fourth-order valence-corrected chi connectivity index (χ4v) is 5.07. The fraction of sp³-hybridized carbons (Fsp3) is 0.364. The minimum Gasteiger partial charge on any atom is -0.319 e. The van der Waals surface area contributed by atoms with E-state index in [1.165, 1.54) is 0 Å². The van der Waals surface area contributed by atoms with Crippen molar-refractivity contribution in [2.45, 2.75) is 9.96 Å². The van der Waals surface area contributed by atoms with E-state index in [0.29, 0.717) is 9.73 Å². The number of fused-ring (bicyclic) bond motifs is 1. The standard InChI is InChI=1S/C11H10ClNOS2/c12-8-3-1-7(2-4-8)9-10(14)13-5-6-15-11(13)16-9/h1-4,9,11H,5-6H2. The monoisotopic (exact) mass is 271 g/mol. The van der Waals surface area contributed by atoms with Crippen molar-refractivity contribution in [1.29, 1.82) is 0 Å². The van der Waals surface area contributed by atoms with Crippen LogP contribution < -0.4 is 0 Å². The Labute approximate surface area is 108 Å². The first-order chi connectivity index (χ1) is 7.75. The van der Waals surface area contributed by atoms with Gasteiger partial charge < -0.3 is 4.90 Å². The van der Waals surface area contributed by atoms with E-state index in [0.717, 1.165) is 17.9 Å². The summed E-state index contributed by atoms with van der Waals surface area (Å²) >= 11 is 9.45. The number of carbonyl (C=O) groups is 1. The summed E-state index contributed by atoms with van der Waals surface area (Å²) in [5.74, 6) is 1.32. The molecule has 2 heterocycles. The second-order valence-corrected chi connectivity index (χ2v) is 6.89. The molecule has 1 aromatic rings. The van der Waals surface area contributed by atoms with Crippen molar-refractivity contribution in [1.82, 2.24) is 4.90 Å². The highest BCUT2D eigenvalue weighted by Crippen LogP contribution is 2.49. The molecule has 0 bridgehead atoms. The lowest BCUT2D eigenvalue weighted by molar-refractivity contribution is -0.128. The number of hydrogen-bond acceptors (Lipinski definition) is 3. The molecule has 0 spiro atoms. The van der Waals surface area contributed by atoms with Crippen LogP contribution in [0.4, 0.5) is 0 Å². The number of nitrogens with zero attached hydrogens (tertiary/aromatic N) is 1. The first-order valence-corrected chi connectivity index (χ1v) is 7.46. The molecule has 16 heavy (non-hydrogen) atoms. The van der Waals surface area contributed by atoms with E-state index in [-0.39, 0.29) is 11.2 Å². The fourth-order valence-electron chi connectivity index (χ4n) is 1.96. The zero-order valence-corrected chi connectivity index (χ0v) is 10.8. The first kappa shape index (κ1) is 10.8. The summed E-state index contributed by atoms with van der Waals surface area (Å²) in [6.07, 6.45) is 0. The number of halogens is 1. The van der Waals surface area contributed by atoms with Crippen LogP contribution in [0.15, 0.2) is 24.3 Å². The third-order valence-corrected chi connectivity index (χ3v) is 5.96. The highest BCUT2D eigenvalue weighted by atomic mass is 35.5. The normalized spacial score (nSPS) is 28.6. The molecule has 0 radical (unpaired) electrons. The van der Waals surface area contributed by atoms with Crippen molar-refractivity contribution < 1.29 is 4.79 Å². The maximum absolute atomic E-state index is 12.1. The van der Waals surface area contributed by atoms with E-state index < -0.39 is 0 Å². The van der Waals surface area contributed by atoms with Gasteiger partial charge in [0.15, 0.2) is 0 Å². The lowest BCUT2D eigenvalue weighted by Crippen LogP contribution is -2.27. The quantitative estimate of drug-likeness (QED) is 0.783. The zero-order valence-electron chi connectivity index (χ0n) is 8.43. The Hall–Kier alpha value is -0.320. The van der Waals surface area contributed by atoms with E-state index in [1.54, 1.807) is 11.8 Å². The molecule has 2 aliphatic rings. The van der Waals surface area contributed by atoms with Crippen LogP contribution in [0.25, 0.3) is 0 Å². The predicted octanol–water partition coefficient (Wildman–Crippen LogP) is 2.99. The number of rotatable bonds is 1. The predicted molar refractivity (Wildman–Crippen MR) is 69.7 cm³/mol. The molecule has 0 aromatic heterocycles. The van der Waals surface area contributed by atoms with Gasteiger partial charge in [0.05, 0.1) is 0 Å². The van der Waals surface area contributed by atoms with Gasteiger partial charge in [0.1, 0.15) is 9.96 Å². The lowest BCUT2D eigenvalue weighted by atomic mass is 10.1. The second kappa shape index (κ2) is 4.17. The Balaban J connectivity index is 1.86. The molecule has 2 unspecified atom stereocenters. The molecule has 3 rings (SSSR count). The average Bonchev–Trinajstić information content (AvgIpc) is 2.84. The molecule has 2 aliphatic heterocycles. The summed E-state index contributed by atoms with van der Waals surface area (Å²) in [5, 5.41) is 0.684. The van der Waals surface area contributed by atoms with Crippen LogP contribution in [0, 0.1) is 0 Å². The van der Waals surface area contributed by atoms with E-state index in [4.69, 9.17) is 11.6 Å². The molecule has 84 valence electrons. The van der Waals surface area contributed by atoms with Crippen LogP contribution in [0.2, 0.25) is 5.02 Å². The van der Waals surface area contributed by atoms with Crippen molar-refractivity contribution in [3.05, 3.63) is 34.9 Å². The molecule has 2 saturated heterocycles. The van der Waals surface area contributed by atoms with Gasteiger partial charge in [0, 0.05) is 17.3 Å². The van der Waals surface area contributed by atoms with Crippen molar-refractivity contribution in [2.24, 2.45) is 0 Å². The van der Waals surface area contributed by atoms with Gasteiger partial charge in [-0.15, -0.1) is 23.5 Å². The van der Waals surface area contributed by atoms with Crippen molar-refractivity contribution in [2.75, 3.05) is 12.3 Å². The molecular formula is C11H10ClNOS2. The molecule has 2 atom stereocenters. The molecule has 0 saturated carbocycles. The summed E-state index contributed by atoms with van der Waals surface area (Å²) in [6, 6.07) is 7.60. The highest BCUT2D eigenvalue weighted by molar-refractivity contribution is 8.17. The van der Waals surface area contributed by atoms with Crippen molar-refractivity contribution in [3.63, 3.8) is 0 Å². The summed E-state index contributed by atoms with van der Waals surface area (Å²) in [7, 11) is 0. The van der Waals surface area contributed by atoms with Crippen LogP contribution in [-0.4, -0.2) is 27.8 Å². The summed E-state index contributed by atoms with van der Waals surface area (Å²) < 4.78 is 0.327. The maximum Gasteiger partial charge on any atom is 0.241 e. The van der Waals surface area contributed by atoms with E-state index in [9.17, 15) is 4.79 Å². The SMILES string of the molecule is O=C1C(c2ccc(Cl)cc2)SC2SCCN12. The highest BCUT2D eigenvalue weighted by Gasteiger charge is 2.43. The Morgan fingerprint density at radius 2 is 2.06 bits per heavy atom. The minimum atomic E-state index is -0.0323. The largest absolute Gasteiger partial charge is 0.319 e. The van der Waals surface area contributed by atoms with Crippen LogP contribution >= 0.6 is 35.1 Å². The number of carbonyl (C=O) groups excluding carboxylic acids is 1. The van der Waals surface area contributed by atoms with Gasteiger partial charge in [-0.3, -0.25) is 4.79 Å². The maximum atomic E-state index is 12.1. The Morgan fingerprint density at radius 1 is 1.31 bits per heavy atom. The topological polar surface area (TPSA) is 20.3 Å². The minimum absolute atomic E-state index is 0.0323. The zero-order chi connectivity index (χ0) is 11.1. The van der Waals surface area contributed by atoms with E-state index in [1.807, 2.05) is 40.9 Å². The smallest absolute Gasteiger partial charge is 0.241 e. The number of benzene rings is 1. The van der Waals surface area contributed by atoms with Crippen LogP contribution in [-0.2, 0) is 4.79 Å². The Morgan fingerprint density at radius 3 is 2.75 bits per heavy atom. The van der Waals surface area contributed by atoms with Crippen molar-refractivity contribution >= 4 is 41.0 Å². The second-order valence-electron chi connectivity index (χ2n) is 3.78. The third kappa shape index (κ3) is 1.73. The molecule has 2 fully saturated rings. The van der Waals surface area contributed by atoms with E-state index >= 15 is 0 Å². The third-order valence-electron chi connectivity index (χ3n) is 2.78. The van der Waals surface area contributed by atoms with Gasteiger partial charge in [0.25, 0.3) is 0 Å². The molecule has 5 heteroatoms. The van der Waals surface area contributed by atoms with E-state index in [2.05, 4.69) is 0 Å². The molecule has 0 aliphatic carbocycles. The first-order valence-electron chi connectivity index (χ1n) is 5.09. The van der Waals surface area contributed by atoms with Gasteiger partial charge in [0.2, 0.25) is 5.91 Å². The Bertz CT molecular complexity index is 422.